The minimum Gasteiger partial charge on any atom is -0.497 e. The number of rotatable bonds is 2. The van der Waals surface area contributed by atoms with Crippen LogP contribution in [0.15, 0.2) is 28.9 Å². The van der Waals surface area contributed by atoms with Crippen LogP contribution in [0.5, 0.6) is 5.75 Å². The molecule has 0 aliphatic carbocycles. The van der Waals surface area contributed by atoms with Crippen molar-refractivity contribution in [3.8, 4) is 22.9 Å². The van der Waals surface area contributed by atoms with E-state index in [0.717, 1.165) is 5.56 Å². The number of nitriles is 1. The van der Waals surface area contributed by atoms with Gasteiger partial charge in [0.25, 0.3) is 0 Å². The van der Waals surface area contributed by atoms with Gasteiger partial charge < -0.3 is 10.5 Å². The molecule has 0 aliphatic heterocycles. The molecule has 0 saturated carbocycles. The molecule has 0 aliphatic rings. The van der Waals surface area contributed by atoms with Gasteiger partial charge in [0.05, 0.1) is 12.7 Å². The number of ether oxygens (including phenoxy) is 1. The van der Waals surface area contributed by atoms with Gasteiger partial charge in [-0.3, -0.25) is 0 Å². The van der Waals surface area contributed by atoms with E-state index >= 15 is 0 Å². The molecule has 0 bridgehead atoms. The number of fused-ring (bicyclic) bond motifs is 1. The van der Waals surface area contributed by atoms with E-state index in [-0.39, 0.29) is 11.5 Å². The lowest BCUT2D eigenvalue weighted by Gasteiger charge is -2.06. The van der Waals surface area contributed by atoms with Crippen LogP contribution in [0.4, 0.5) is 5.82 Å². The van der Waals surface area contributed by atoms with Crippen LogP contribution in [0.3, 0.4) is 0 Å². The van der Waals surface area contributed by atoms with E-state index < -0.39 is 0 Å². The van der Waals surface area contributed by atoms with Gasteiger partial charge in [0, 0.05) is 0 Å². The molecule has 3 rings (SSSR count). The van der Waals surface area contributed by atoms with Crippen LogP contribution < -0.4 is 10.5 Å². The molecular weight excluding hydrogens is 258 g/mol. The summed E-state index contributed by atoms with van der Waals surface area (Å²) in [5.41, 5.74) is 7.96. The topological polar surface area (TPSA) is 111 Å². The van der Waals surface area contributed by atoms with Crippen LogP contribution in [0.2, 0.25) is 0 Å². The van der Waals surface area contributed by atoms with Gasteiger partial charge in [-0.25, -0.2) is 9.61 Å². The van der Waals surface area contributed by atoms with Crippen molar-refractivity contribution >= 4 is 16.9 Å². The van der Waals surface area contributed by atoms with Gasteiger partial charge in [-0.05, 0) is 28.0 Å². The predicted molar refractivity (Wildman–Crippen MR) is 70.7 cm³/mol. The number of nitrogens with two attached hydrogens (primary N) is 1. The zero-order valence-electron chi connectivity index (χ0n) is 10.5. The average molecular weight is 267 g/mol. The van der Waals surface area contributed by atoms with Gasteiger partial charge in [0.1, 0.15) is 17.3 Å². The summed E-state index contributed by atoms with van der Waals surface area (Å²) >= 11 is 0. The first kappa shape index (κ1) is 11.9. The highest BCUT2D eigenvalue weighted by Gasteiger charge is 2.18. The fourth-order valence-corrected chi connectivity index (χ4v) is 1.97. The van der Waals surface area contributed by atoms with Gasteiger partial charge in [-0.15, -0.1) is 0 Å². The average Bonchev–Trinajstić information content (AvgIpc) is 2.97. The predicted octanol–water partition coefficient (Wildman–Crippen LogP) is 1.75. The van der Waals surface area contributed by atoms with Crippen molar-refractivity contribution < 1.29 is 9.37 Å². The molecule has 1 aromatic carbocycles. The van der Waals surface area contributed by atoms with E-state index in [1.54, 1.807) is 31.4 Å². The zero-order valence-corrected chi connectivity index (χ0v) is 10.5. The molecule has 0 unspecified atom stereocenters. The lowest BCUT2D eigenvalue weighted by molar-refractivity contribution is 0.315. The number of aromatic nitrogens is 3. The van der Waals surface area contributed by atoms with Crippen LogP contribution in [0.25, 0.3) is 22.2 Å². The molecule has 3 aromatic rings. The highest BCUT2D eigenvalue weighted by atomic mass is 16.6. The molecule has 2 heterocycles. The Morgan fingerprint density at radius 1 is 1.20 bits per heavy atom. The summed E-state index contributed by atoms with van der Waals surface area (Å²) in [5.74, 6) is 0.834. The third kappa shape index (κ3) is 1.71. The minimum absolute atomic E-state index is 0.120. The van der Waals surface area contributed by atoms with Crippen LogP contribution in [0.1, 0.15) is 5.69 Å². The highest BCUT2D eigenvalue weighted by Crippen LogP contribution is 2.32. The normalized spacial score (nSPS) is 10.4. The van der Waals surface area contributed by atoms with Crippen molar-refractivity contribution in [1.82, 2.24) is 15.3 Å². The first-order valence-corrected chi connectivity index (χ1v) is 5.71. The van der Waals surface area contributed by atoms with Crippen molar-refractivity contribution in [1.29, 1.82) is 5.26 Å². The maximum Gasteiger partial charge on any atom is 0.177 e. The van der Waals surface area contributed by atoms with E-state index in [2.05, 4.69) is 15.3 Å². The Morgan fingerprint density at radius 2 is 1.90 bits per heavy atom. The summed E-state index contributed by atoms with van der Waals surface area (Å²) < 4.78 is 9.80. The van der Waals surface area contributed by atoms with Gasteiger partial charge in [0.2, 0.25) is 0 Å². The molecular formula is C13H9N5O2. The van der Waals surface area contributed by atoms with E-state index in [9.17, 15) is 5.26 Å². The van der Waals surface area contributed by atoms with Gasteiger partial charge >= 0.3 is 0 Å². The maximum absolute atomic E-state index is 9.23. The first-order chi connectivity index (χ1) is 9.74. The summed E-state index contributed by atoms with van der Waals surface area (Å²) in [6, 6.07) is 9.19. The van der Waals surface area contributed by atoms with Crippen LogP contribution >= 0.6 is 0 Å². The third-order valence-corrected chi connectivity index (χ3v) is 2.92. The molecule has 20 heavy (non-hydrogen) atoms. The van der Waals surface area contributed by atoms with Gasteiger partial charge in [0.15, 0.2) is 17.0 Å². The Balaban J connectivity index is 2.31. The third-order valence-electron chi connectivity index (χ3n) is 2.92. The Hall–Kier alpha value is -3.14. The van der Waals surface area contributed by atoms with E-state index in [1.807, 2.05) is 6.07 Å². The standard InChI is InChI=1S/C13H9N5O2/c1-19-8-4-2-7(3-5-8)10-9(6-14)16-13(15)12-11(10)17-20-18-12/h2-5H,1H3,(H2,15,16). The fourth-order valence-electron chi connectivity index (χ4n) is 1.97. The molecule has 7 heteroatoms. The summed E-state index contributed by atoms with van der Waals surface area (Å²) in [7, 11) is 1.58. The highest BCUT2D eigenvalue weighted by molar-refractivity contribution is 5.98. The number of hydrogen-bond donors (Lipinski definition) is 1. The number of benzene rings is 1. The monoisotopic (exact) mass is 267 g/mol. The SMILES string of the molecule is COc1ccc(-c2c(C#N)nc(N)c3nonc23)cc1. The molecule has 0 radical (unpaired) electrons. The van der Waals surface area contributed by atoms with Crippen molar-refractivity contribution in [3.05, 3.63) is 30.0 Å². The van der Waals surface area contributed by atoms with Gasteiger partial charge in [-0.2, -0.15) is 5.26 Å². The molecule has 98 valence electrons. The zero-order chi connectivity index (χ0) is 14.1. The second kappa shape index (κ2) is 4.51. The lowest BCUT2D eigenvalue weighted by atomic mass is 10.0. The van der Waals surface area contributed by atoms with Crippen LogP contribution in [-0.4, -0.2) is 22.4 Å². The number of methoxy groups -OCH3 is 1. The van der Waals surface area contributed by atoms with E-state index in [4.69, 9.17) is 15.1 Å². The fraction of sp³-hybridized carbons (Fsp3) is 0.0769. The molecule has 0 fully saturated rings. The summed E-state index contributed by atoms with van der Waals surface area (Å²) in [6.45, 7) is 0. The van der Waals surface area contributed by atoms with Crippen molar-refractivity contribution in [2.45, 2.75) is 0 Å². The molecule has 0 atom stereocenters. The maximum atomic E-state index is 9.23. The number of nitrogens with zero attached hydrogens (tertiary/aromatic N) is 4. The lowest BCUT2D eigenvalue weighted by Crippen LogP contribution is -1.98. The Labute approximate surface area is 113 Å². The van der Waals surface area contributed by atoms with Crippen LogP contribution in [0, 0.1) is 11.3 Å². The molecule has 7 nitrogen and oxygen atoms in total. The number of nitrogen functional groups attached to an aromatic ring is 1. The van der Waals surface area contributed by atoms with Crippen molar-refractivity contribution in [3.63, 3.8) is 0 Å². The minimum atomic E-state index is 0.120. The van der Waals surface area contributed by atoms with Crippen LogP contribution in [-0.2, 0) is 0 Å². The summed E-state index contributed by atoms with van der Waals surface area (Å²) in [5, 5.41) is 16.8. The van der Waals surface area contributed by atoms with Crippen molar-refractivity contribution in [2.24, 2.45) is 0 Å². The molecule has 2 N–H and O–H groups in total. The molecule has 0 saturated heterocycles. The van der Waals surface area contributed by atoms with Gasteiger partial charge in [-0.1, -0.05) is 12.1 Å². The second-order valence-electron chi connectivity index (χ2n) is 4.02. The van der Waals surface area contributed by atoms with E-state index in [1.165, 1.54) is 0 Å². The van der Waals surface area contributed by atoms with E-state index in [0.29, 0.717) is 22.3 Å². The summed E-state index contributed by atoms with van der Waals surface area (Å²) in [4.78, 5) is 4.03. The number of hydrogen-bond acceptors (Lipinski definition) is 7. The first-order valence-electron chi connectivity index (χ1n) is 5.71. The molecule has 0 spiro atoms. The molecule has 0 amide bonds. The molecule has 2 aromatic heterocycles. The summed E-state index contributed by atoms with van der Waals surface area (Å²) in [6.07, 6.45) is 0. The quantitative estimate of drug-likeness (QED) is 0.752. The number of pyridine rings is 1. The Kier molecular flexibility index (Phi) is 2.69. The van der Waals surface area contributed by atoms with Crippen molar-refractivity contribution in [2.75, 3.05) is 12.8 Å². The largest absolute Gasteiger partial charge is 0.497 e. The Morgan fingerprint density at radius 3 is 2.55 bits per heavy atom. The Bertz CT molecular complexity index is 817. The second-order valence-corrected chi connectivity index (χ2v) is 4.02. The smallest absolute Gasteiger partial charge is 0.177 e. The number of anilines is 1.